The third-order valence-electron chi connectivity index (χ3n) is 5.45. The predicted octanol–water partition coefficient (Wildman–Crippen LogP) is 9.59. The monoisotopic (exact) mass is 708 g/mol. The standard InChI is InChI=1S/C15H10ClF3O5.C15H10ClF3O4/c1-22-13-7-9(24-15(17,18)19)3-5-12(13)23-11-4-2-8(16)6-10(11)14(20)21;1-21-14-7-11(23-15(17,18)19)3-5-13(14)22-12-4-2-10(16)6-9(12)8-20/h2-7H,1H3,(H,20,21);2-8H,1H3. The zero-order valence-electron chi connectivity index (χ0n) is 23.7. The molecular weight excluding hydrogens is 689 g/mol. The number of aldehydes is 1. The van der Waals surface area contributed by atoms with E-state index in [1.807, 2.05) is 0 Å². The summed E-state index contributed by atoms with van der Waals surface area (Å²) in [5, 5.41) is 9.69. The number of alkyl halides is 6. The van der Waals surface area contributed by atoms with Gasteiger partial charge in [0.2, 0.25) is 0 Å². The van der Waals surface area contributed by atoms with E-state index in [1.54, 1.807) is 0 Å². The number of halogens is 8. The number of hydrogen-bond donors (Lipinski definition) is 1. The van der Waals surface area contributed by atoms with E-state index in [0.717, 1.165) is 24.3 Å². The highest BCUT2D eigenvalue weighted by Crippen LogP contribution is 2.39. The molecule has 0 aliphatic carbocycles. The lowest BCUT2D eigenvalue weighted by Crippen LogP contribution is -2.17. The zero-order valence-corrected chi connectivity index (χ0v) is 25.3. The van der Waals surface area contributed by atoms with Gasteiger partial charge >= 0.3 is 18.7 Å². The Morgan fingerprint density at radius 2 is 1.06 bits per heavy atom. The molecule has 0 aliphatic rings. The van der Waals surface area contributed by atoms with Gasteiger partial charge in [0.25, 0.3) is 0 Å². The minimum atomic E-state index is -4.85. The van der Waals surface area contributed by atoms with Crippen LogP contribution in [0.5, 0.6) is 46.0 Å². The topological polar surface area (TPSA) is 110 Å². The number of hydrogen-bond acceptors (Lipinski definition) is 8. The van der Waals surface area contributed by atoms with Crippen LogP contribution in [0.2, 0.25) is 10.0 Å². The van der Waals surface area contributed by atoms with Crippen LogP contribution in [-0.2, 0) is 0 Å². The molecule has 0 aromatic heterocycles. The van der Waals surface area contributed by atoms with E-state index in [9.17, 15) is 35.9 Å². The SMILES string of the molecule is COc1cc(OC(F)(F)F)ccc1Oc1ccc(Cl)cc1C(=O)O.COc1cc(OC(F)(F)F)ccc1Oc1ccc(Cl)cc1C=O. The summed E-state index contributed by atoms with van der Waals surface area (Å²) in [6.45, 7) is 0. The van der Waals surface area contributed by atoms with Crippen LogP contribution in [0.4, 0.5) is 26.3 Å². The van der Waals surface area contributed by atoms with Crippen molar-refractivity contribution in [2.75, 3.05) is 14.2 Å². The molecule has 0 saturated carbocycles. The molecule has 47 heavy (non-hydrogen) atoms. The third-order valence-corrected chi connectivity index (χ3v) is 5.92. The minimum absolute atomic E-state index is 0.0110. The summed E-state index contributed by atoms with van der Waals surface area (Å²) < 4.78 is 102. The Morgan fingerprint density at radius 3 is 1.49 bits per heavy atom. The van der Waals surface area contributed by atoms with E-state index in [4.69, 9.17) is 47.3 Å². The Hall–Kier alpha value is -5.02. The van der Waals surface area contributed by atoms with Crippen LogP contribution in [0.1, 0.15) is 20.7 Å². The smallest absolute Gasteiger partial charge is 0.493 e. The summed E-state index contributed by atoms with van der Waals surface area (Å²) in [5.74, 6) is -2.01. The number of ether oxygens (including phenoxy) is 6. The normalized spacial score (nSPS) is 11.0. The van der Waals surface area contributed by atoms with E-state index in [1.165, 1.54) is 62.8 Å². The molecule has 0 spiro atoms. The van der Waals surface area contributed by atoms with Crippen molar-refractivity contribution >= 4 is 35.5 Å². The fourth-order valence-electron chi connectivity index (χ4n) is 3.56. The van der Waals surface area contributed by atoms with Gasteiger partial charge < -0.3 is 33.5 Å². The maximum Gasteiger partial charge on any atom is 0.573 e. The molecule has 0 radical (unpaired) electrons. The Balaban J connectivity index is 0.000000256. The van der Waals surface area contributed by atoms with Crippen molar-refractivity contribution in [3.8, 4) is 46.0 Å². The summed E-state index contributed by atoms with van der Waals surface area (Å²) in [7, 11) is 2.49. The average molecular weight is 709 g/mol. The molecule has 1 N–H and O–H groups in total. The second-order valence-electron chi connectivity index (χ2n) is 8.67. The molecule has 0 unspecified atom stereocenters. The zero-order chi connectivity index (χ0) is 34.9. The Morgan fingerprint density at radius 1 is 0.638 bits per heavy atom. The number of carboxylic acid groups (broad SMARTS) is 1. The van der Waals surface area contributed by atoms with Gasteiger partial charge in [0.15, 0.2) is 29.3 Å². The van der Waals surface area contributed by atoms with Crippen molar-refractivity contribution in [2.24, 2.45) is 0 Å². The molecule has 4 rings (SSSR count). The molecule has 0 amide bonds. The highest BCUT2D eigenvalue weighted by molar-refractivity contribution is 6.31. The molecule has 0 aliphatic heterocycles. The van der Waals surface area contributed by atoms with Crippen molar-refractivity contribution in [2.45, 2.75) is 12.7 Å². The molecule has 0 saturated heterocycles. The average Bonchev–Trinajstić information content (AvgIpc) is 2.98. The Labute approximate surface area is 271 Å². The number of benzene rings is 4. The van der Waals surface area contributed by atoms with E-state index in [2.05, 4.69) is 9.47 Å². The maximum absolute atomic E-state index is 12.2. The first-order valence-corrected chi connectivity index (χ1v) is 13.3. The molecule has 17 heteroatoms. The largest absolute Gasteiger partial charge is 0.573 e. The highest BCUT2D eigenvalue weighted by atomic mass is 35.5. The number of carbonyl (C=O) groups excluding carboxylic acids is 1. The fraction of sp³-hybridized carbons (Fsp3) is 0.133. The van der Waals surface area contributed by atoms with Gasteiger partial charge in [-0.05, 0) is 60.7 Å². The molecule has 0 bridgehead atoms. The molecule has 4 aromatic carbocycles. The second-order valence-corrected chi connectivity index (χ2v) is 9.54. The van der Waals surface area contributed by atoms with Gasteiger partial charge in [0.1, 0.15) is 28.6 Å². The van der Waals surface area contributed by atoms with E-state index < -0.39 is 30.2 Å². The summed E-state index contributed by atoms with van der Waals surface area (Å²) in [6.07, 6.45) is -9.11. The molecule has 0 atom stereocenters. The van der Waals surface area contributed by atoms with E-state index >= 15 is 0 Å². The van der Waals surface area contributed by atoms with Gasteiger partial charge in [-0.1, -0.05) is 23.2 Å². The van der Waals surface area contributed by atoms with E-state index in [0.29, 0.717) is 11.3 Å². The Bertz CT molecular complexity index is 1730. The van der Waals surface area contributed by atoms with Gasteiger partial charge in [-0.2, -0.15) is 0 Å². The van der Waals surface area contributed by atoms with Crippen LogP contribution in [0.3, 0.4) is 0 Å². The van der Waals surface area contributed by atoms with Gasteiger partial charge in [0.05, 0.1) is 19.8 Å². The van der Waals surface area contributed by atoms with Gasteiger partial charge in [-0.25, -0.2) is 4.79 Å². The van der Waals surface area contributed by atoms with Gasteiger partial charge in [-0.15, -0.1) is 26.3 Å². The quantitative estimate of drug-likeness (QED) is 0.127. The molecule has 250 valence electrons. The number of rotatable bonds is 10. The van der Waals surface area contributed by atoms with Gasteiger partial charge in [-0.3, -0.25) is 4.79 Å². The van der Waals surface area contributed by atoms with Crippen molar-refractivity contribution < 1.29 is 69.5 Å². The number of aromatic carboxylic acids is 1. The summed E-state index contributed by atoms with van der Waals surface area (Å²) in [6, 6.07) is 14.8. The van der Waals surface area contributed by atoms with Crippen LogP contribution >= 0.6 is 23.2 Å². The number of carboxylic acids is 1. The van der Waals surface area contributed by atoms with Gasteiger partial charge in [0, 0.05) is 22.2 Å². The third kappa shape index (κ3) is 11.1. The second kappa shape index (κ2) is 15.5. The van der Waals surface area contributed by atoms with Crippen LogP contribution in [0, 0.1) is 0 Å². The van der Waals surface area contributed by atoms with Crippen molar-refractivity contribution in [1.82, 2.24) is 0 Å². The lowest BCUT2D eigenvalue weighted by molar-refractivity contribution is -0.275. The predicted molar refractivity (Wildman–Crippen MR) is 155 cm³/mol. The maximum atomic E-state index is 12.2. The fourth-order valence-corrected chi connectivity index (χ4v) is 3.91. The molecule has 9 nitrogen and oxygen atoms in total. The van der Waals surface area contributed by atoms with Crippen molar-refractivity contribution in [3.05, 3.63) is 94.0 Å². The summed E-state index contributed by atoms with van der Waals surface area (Å²) in [4.78, 5) is 22.2. The van der Waals surface area contributed by atoms with Crippen LogP contribution in [0.15, 0.2) is 72.8 Å². The molecular formula is C30H20Cl2F6O9. The Kier molecular flexibility index (Phi) is 12.0. The number of methoxy groups -OCH3 is 2. The van der Waals surface area contributed by atoms with Crippen LogP contribution < -0.4 is 28.4 Å². The van der Waals surface area contributed by atoms with Crippen molar-refractivity contribution in [1.29, 1.82) is 0 Å². The lowest BCUT2D eigenvalue weighted by atomic mass is 10.2. The van der Waals surface area contributed by atoms with Crippen LogP contribution in [0.25, 0.3) is 0 Å². The lowest BCUT2D eigenvalue weighted by Gasteiger charge is -2.14. The summed E-state index contributed by atoms with van der Waals surface area (Å²) in [5.41, 5.74) is -0.0182. The van der Waals surface area contributed by atoms with E-state index in [-0.39, 0.29) is 50.6 Å². The van der Waals surface area contributed by atoms with Crippen molar-refractivity contribution in [3.63, 3.8) is 0 Å². The first kappa shape index (κ1) is 36.4. The molecule has 0 fully saturated rings. The first-order valence-electron chi connectivity index (χ1n) is 12.5. The minimum Gasteiger partial charge on any atom is -0.493 e. The molecule has 0 heterocycles. The summed E-state index contributed by atoms with van der Waals surface area (Å²) >= 11 is 11.5. The molecule has 4 aromatic rings. The first-order chi connectivity index (χ1) is 22.0. The highest BCUT2D eigenvalue weighted by Gasteiger charge is 2.32. The number of carbonyl (C=O) groups is 2. The van der Waals surface area contributed by atoms with Crippen LogP contribution in [-0.4, -0.2) is 44.3 Å².